The van der Waals surface area contributed by atoms with Crippen LogP contribution in [0.3, 0.4) is 0 Å². The molecule has 152 valence electrons. The van der Waals surface area contributed by atoms with Crippen LogP contribution in [0.2, 0.25) is 15.1 Å². The second kappa shape index (κ2) is 9.90. The van der Waals surface area contributed by atoms with Crippen LogP contribution in [0.4, 0.5) is 0 Å². The Bertz CT molecular complexity index is 956. The lowest BCUT2D eigenvalue weighted by Crippen LogP contribution is -2.39. The molecule has 1 aliphatic heterocycles. The van der Waals surface area contributed by atoms with Crippen LogP contribution < -0.4 is 0 Å². The number of halogens is 3. The van der Waals surface area contributed by atoms with Gasteiger partial charge in [-0.05, 0) is 54.8 Å². The summed E-state index contributed by atoms with van der Waals surface area (Å²) in [5.41, 5.74) is 0.801. The standard InChI is InChI=1S/C21H18Cl3NO3S/c22-15-3-5-19(17(24)12-15)29-18-4-1-13(11-16(18)23)2-6-20(26)25-9-7-14(8-10-25)21(27)28/h1-6,11-12,14H,7-10H2,(H,27,28)/b6-2+. The third-order valence-electron chi connectivity index (χ3n) is 4.64. The monoisotopic (exact) mass is 469 g/mol. The van der Waals surface area contributed by atoms with Crippen molar-refractivity contribution in [2.24, 2.45) is 5.92 Å². The van der Waals surface area contributed by atoms with Crippen LogP contribution in [-0.2, 0) is 9.59 Å². The van der Waals surface area contributed by atoms with Gasteiger partial charge in [-0.2, -0.15) is 0 Å². The SMILES string of the molecule is O=C(O)C1CCN(C(=O)/C=C/c2ccc(Sc3ccc(Cl)cc3Cl)c(Cl)c2)CC1. The Morgan fingerprint density at radius 2 is 1.62 bits per heavy atom. The number of carboxylic acid groups (broad SMARTS) is 1. The van der Waals surface area contributed by atoms with Crippen LogP contribution in [0.5, 0.6) is 0 Å². The summed E-state index contributed by atoms with van der Waals surface area (Å²) in [5.74, 6) is -1.28. The minimum absolute atomic E-state index is 0.128. The lowest BCUT2D eigenvalue weighted by molar-refractivity contribution is -0.144. The zero-order valence-electron chi connectivity index (χ0n) is 15.3. The van der Waals surface area contributed by atoms with Crippen molar-refractivity contribution in [3.63, 3.8) is 0 Å². The fourth-order valence-corrected chi connectivity index (χ4v) is 4.65. The van der Waals surface area contributed by atoms with Crippen molar-refractivity contribution in [3.05, 3.63) is 63.1 Å². The zero-order valence-corrected chi connectivity index (χ0v) is 18.4. The number of hydrogen-bond acceptors (Lipinski definition) is 3. The molecule has 1 heterocycles. The summed E-state index contributed by atoms with van der Waals surface area (Å²) in [7, 11) is 0. The third-order valence-corrected chi connectivity index (χ3v) is 6.88. The first kappa shape index (κ1) is 22.0. The highest BCUT2D eigenvalue weighted by atomic mass is 35.5. The summed E-state index contributed by atoms with van der Waals surface area (Å²) < 4.78 is 0. The fraction of sp³-hybridized carbons (Fsp3) is 0.238. The quantitative estimate of drug-likeness (QED) is 0.534. The van der Waals surface area contributed by atoms with E-state index in [9.17, 15) is 9.59 Å². The molecule has 0 saturated carbocycles. The van der Waals surface area contributed by atoms with Crippen LogP contribution in [0.15, 0.2) is 52.3 Å². The molecule has 2 aromatic carbocycles. The van der Waals surface area contributed by atoms with E-state index in [-0.39, 0.29) is 11.8 Å². The van der Waals surface area contributed by atoms with E-state index >= 15 is 0 Å². The maximum Gasteiger partial charge on any atom is 0.306 e. The average Bonchev–Trinajstić information content (AvgIpc) is 2.69. The van der Waals surface area contributed by atoms with Crippen molar-refractivity contribution in [1.29, 1.82) is 0 Å². The molecule has 1 fully saturated rings. The first-order valence-corrected chi connectivity index (χ1v) is 10.9. The number of likely N-dealkylation sites (tertiary alicyclic amines) is 1. The van der Waals surface area contributed by atoms with Gasteiger partial charge < -0.3 is 10.0 Å². The third kappa shape index (κ3) is 5.92. The molecular formula is C21H18Cl3NO3S. The minimum Gasteiger partial charge on any atom is -0.481 e. The smallest absolute Gasteiger partial charge is 0.306 e. The van der Waals surface area contributed by atoms with Gasteiger partial charge >= 0.3 is 5.97 Å². The van der Waals surface area contributed by atoms with Gasteiger partial charge in [0.2, 0.25) is 5.91 Å². The lowest BCUT2D eigenvalue weighted by atomic mass is 9.97. The molecule has 0 radical (unpaired) electrons. The van der Waals surface area contributed by atoms with Crippen molar-refractivity contribution in [1.82, 2.24) is 4.90 Å². The van der Waals surface area contributed by atoms with E-state index in [0.29, 0.717) is 41.0 Å². The largest absolute Gasteiger partial charge is 0.481 e. The van der Waals surface area contributed by atoms with E-state index in [4.69, 9.17) is 39.9 Å². The Labute approximate surface area is 188 Å². The highest BCUT2D eigenvalue weighted by Crippen LogP contribution is 2.38. The molecule has 4 nitrogen and oxygen atoms in total. The number of piperidine rings is 1. The van der Waals surface area contributed by atoms with E-state index in [1.54, 1.807) is 29.2 Å². The van der Waals surface area contributed by atoms with Crippen molar-refractivity contribution in [3.8, 4) is 0 Å². The van der Waals surface area contributed by atoms with Gasteiger partial charge in [0.05, 0.1) is 16.0 Å². The van der Waals surface area contributed by atoms with Gasteiger partial charge in [0.25, 0.3) is 0 Å². The van der Waals surface area contributed by atoms with Gasteiger partial charge in [0.15, 0.2) is 0 Å². The number of nitrogens with zero attached hydrogens (tertiary/aromatic N) is 1. The molecule has 0 spiro atoms. The lowest BCUT2D eigenvalue weighted by Gasteiger charge is -2.29. The van der Waals surface area contributed by atoms with Gasteiger partial charge in [-0.25, -0.2) is 0 Å². The second-order valence-electron chi connectivity index (χ2n) is 6.64. The number of hydrogen-bond donors (Lipinski definition) is 1. The Morgan fingerprint density at radius 3 is 2.21 bits per heavy atom. The summed E-state index contributed by atoms with van der Waals surface area (Å²) >= 11 is 20.0. The number of amides is 1. The van der Waals surface area contributed by atoms with Gasteiger partial charge in [-0.3, -0.25) is 9.59 Å². The number of aliphatic carboxylic acids is 1. The number of carbonyl (C=O) groups is 2. The maximum atomic E-state index is 12.3. The van der Waals surface area contributed by atoms with E-state index in [2.05, 4.69) is 0 Å². The highest BCUT2D eigenvalue weighted by Gasteiger charge is 2.25. The van der Waals surface area contributed by atoms with E-state index < -0.39 is 5.97 Å². The van der Waals surface area contributed by atoms with Crippen LogP contribution in [0.25, 0.3) is 6.08 Å². The molecule has 1 N–H and O–H groups in total. The maximum absolute atomic E-state index is 12.3. The summed E-state index contributed by atoms with van der Waals surface area (Å²) in [6.07, 6.45) is 4.18. The molecule has 29 heavy (non-hydrogen) atoms. The molecule has 0 unspecified atom stereocenters. The Morgan fingerprint density at radius 1 is 1.00 bits per heavy atom. The molecule has 1 aliphatic rings. The van der Waals surface area contributed by atoms with E-state index in [1.807, 2.05) is 18.2 Å². The number of benzene rings is 2. The number of rotatable bonds is 5. The molecule has 0 bridgehead atoms. The molecule has 8 heteroatoms. The van der Waals surface area contributed by atoms with Crippen LogP contribution in [0.1, 0.15) is 18.4 Å². The summed E-state index contributed by atoms with van der Waals surface area (Å²) in [6, 6.07) is 10.8. The molecule has 0 aromatic heterocycles. The summed E-state index contributed by atoms with van der Waals surface area (Å²) in [5, 5.41) is 10.7. The topological polar surface area (TPSA) is 57.6 Å². The van der Waals surface area contributed by atoms with Crippen LogP contribution in [0, 0.1) is 5.92 Å². The molecule has 0 atom stereocenters. The van der Waals surface area contributed by atoms with Crippen molar-refractivity contribution in [2.45, 2.75) is 22.6 Å². The van der Waals surface area contributed by atoms with Gasteiger partial charge in [0, 0.05) is 34.0 Å². The predicted octanol–water partition coefficient (Wildman–Crippen LogP) is 6.13. The average molecular weight is 471 g/mol. The second-order valence-corrected chi connectivity index (χ2v) is 8.97. The number of carbonyl (C=O) groups excluding carboxylic acids is 1. The predicted molar refractivity (Wildman–Crippen MR) is 118 cm³/mol. The van der Waals surface area contributed by atoms with Gasteiger partial charge in [-0.1, -0.05) is 52.6 Å². The van der Waals surface area contributed by atoms with Gasteiger partial charge in [-0.15, -0.1) is 0 Å². The van der Waals surface area contributed by atoms with Crippen LogP contribution >= 0.6 is 46.6 Å². The molecule has 1 saturated heterocycles. The zero-order chi connectivity index (χ0) is 21.0. The summed E-state index contributed by atoms with van der Waals surface area (Å²) in [4.78, 5) is 26.7. The van der Waals surface area contributed by atoms with Gasteiger partial charge in [0.1, 0.15) is 0 Å². The highest BCUT2D eigenvalue weighted by molar-refractivity contribution is 7.99. The van der Waals surface area contributed by atoms with Crippen molar-refractivity contribution >= 4 is 64.5 Å². The Hall–Kier alpha value is -1.66. The molecular weight excluding hydrogens is 453 g/mol. The van der Waals surface area contributed by atoms with E-state index in [1.165, 1.54) is 17.8 Å². The Kier molecular flexibility index (Phi) is 7.52. The van der Waals surface area contributed by atoms with Crippen molar-refractivity contribution in [2.75, 3.05) is 13.1 Å². The summed E-state index contributed by atoms with van der Waals surface area (Å²) in [6.45, 7) is 0.913. The van der Waals surface area contributed by atoms with E-state index in [0.717, 1.165) is 15.4 Å². The first-order chi connectivity index (χ1) is 13.8. The van der Waals surface area contributed by atoms with Crippen molar-refractivity contribution < 1.29 is 14.7 Å². The molecule has 1 amide bonds. The normalized spacial score (nSPS) is 15.1. The molecule has 3 rings (SSSR count). The van der Waals surface area contributed by atoms with Crippen LogP contribution in [-0.4, -0.2) is 35.0 Å². The fourth-order valence-electron chi connectivity index (χ4n) is 3.00. The first-order valence-electron chi connectivity index (χ1n) is 8.96. The molecule has 0 aliphatic carbocycles. The minimum atomic E-state index is -0.792. The number of carboxylic acids is 1. The molecule has 2 aromatic rings. The Balaban J connectivity index is 1.62.